The third kappa shape index (κ3) is 2.20. The fourth-order valence-corrected chi connectivity index (χ4v) is 3.91. The summed E-state index contributed by atoms with van der Waals surface area (Å²) in [6.45, 7) is 3.94. The van der Waals surface area contributed by atoms with Gasteiger partial charge in [0.1, 0.15) is 17.8 Å². The summed E-state index contributed by atoms with van der Waals surface area (Å²) in [5, 5.41) is 4.67. The minimum absolute atomic E-state index is 0.0306. The molecule has 2 atom stereocenters. The number of aromatic amines is 1. The molecule has 3 heterocycles. The lowest BCUT2D eigenvalue weighted by Crippen LogP contribution is -2.38. The largest absolute Gasteiger partial charge is 0.373 e. The second-order valence-electron chi connectivity index (χ2n) is 6.42. The normalized spacial score (nSPS) is 28.1. The molecule has 4 rings (SSSR count). The van der Waals surface area contributed by atoms with Crippen LogP contribution >= 0.6 is 0 Å². The number of aromatic nitrogens is 3. The summed E-state index contributed by atoms with van der Waals surface area (Å²) in [6.07, 6.45) is 9.61. The third-order valence-corrected chi connectivity index (χ3v) is 5.04. The molecule has 2 fully saturated rings. The lowest BCUT2D eigenvalue weighted by Gasteiger charge is -2.31. The van der Waals surface area contributed by atoms with Crippen LogP contribution in [0.4, 0.5) is 5.82 Å². The second-order valence-corrected chi connectivity index (χ2v) is 6.42. The first-order valence-corrected chi connectivity index (χ1v) is 7.98. The van der Waals surface area contributed by atoms with Gasteiger partial charge >= 0.3 is 0 Å². The molecule has 2 aliphatic rings. The number of nitrogens with zero attached hydrogens (tertiary/aromatic N) is 2. The summed E-state index contributed by atoms with van der Waals surface area (Å²) in [5.41, 5.74) is 2.21. The molecule has 1 aliphatic carbocycles. The molecule has 2 aromatic rings. The molecule has 21 heavy (non-hydrogen) atoms. The minimum atomic E-state index is 0.0306. The van der Waals surface area contributed by atoms with E-state index in [4.69, 9.17) is 4.74 Å². The van der Waals surface area contributed by atoms with Gasteiger partial charge in [-0.2, -0.15) is 0 Å². The van der Waals surface area contributed by atoms with Gasteiger partial charge in [-0.05, 0) is 37.2 Å². The van der Waals surface area contributed by atoms with Gasteiger partial charge in [-0.15, -0.1) is 0 Å². The number of H-pyrrole nitrogens is 1. The zero-order valence-electron chi connectivity index (χ0n) is 12.5. The molecule has 0 amide bonds. The molecule has 0 radical (unpaired) electrons. The number of fused-ring (bicyclic) bond motifs is 3. The monoisotopic (exact) mass is 286 g/mol. The van der Waals surface area contributed by atoms with Crippen molar-refractivity contribution < 1.29 is 4.74 Å². The Balaban J connectivity index is 1.58. The van der Waals surface area contributed by atoms with Gasteiger partial charge in [0.2, 0.25) is 0 Å². The summed E-state index contributed by atoms with van der Waals surface area (Å²) in [6, 6.07) is 0. The number of hydrogen-bond acceptors (Lipinski definition) is 4. The standard InChI is InChI=1S/C16H22N4O/c1-2-12-7-17-14-13(12)15(20-10-19-14)18-9-16-5-3-4-11(6-16)8-21-16/h7,10-11H,2-6,8-9H2,1H3,(H2,17,18,19,20). The topological polar surface area (TPSA) is 62.8 Å². The van der Waals surface area contributed by atoms with Gasteiger partial charge < -0.3 is 15.0 Å². The van der Waals surface area contributed by atoms with E-state index < -0.39 is 0 Å². The highest BCUT2D eigenvalue weighted by Crippen LogP contribution is 2.42. The third-order valence-electron chi connectivity index (χ3n) is 5.04. The molecule has 5 nitrogen and oxygen atoms in total. The number of anilines is 1. The van der Waals surface area contributed by atoms with Crippen molar-refractivity contribution in [3.8, 4) is 0 Å². The summed E-state index contributed by atoms with van der Waals surface area (Å²) in [7, 11) is 0. The van der Waals surface area contributed by atoms with Crippen LogP contribution < -0.4 is 5.32 Å². The van der Waals surface area contributed by atoms with E-state index >= 15 is 0 Å². The molecule has 1 aliphatic heterocycles. The summed E-state index contributed by atoms with van der Waals surface area (Å²) >= 11 is 0. The highest BCUT2D eigenvalue weighted by molar-refractivity contribution is 5.90. The van der Waals surface area contributed by atoms with Gasteiger partial charge in [0.15, 0.2) is 0 Å². The predicted octanol–water partition coefficient (Wildman–Crippen LogP) is 2.89. The van der Waals surface area contributed by atoms with Gasteiger partial charge in [0.05, 0.1) is 17.6 Å². The van der Waals surface area contributed by atoms with Crippen LogP contribution in [-0.2, 0) is 11.2 Å². The highest BCUT2D eigenvalue weighted by Gasteiger charge is 2.43. The molecule has 5 heteroatoms. The van der Waals surface area contributed by atoms with Gasteiger partial charge in [-0.25, -0.2) is 9.97 Å². The van der Waals surface area contributed by atoms with Crippen LogP contribution in [0.3, 0.4) is 0 Å². The zero-order valence-corrected chi connectivity index (χ0v) is 12.5. The minimum Gasteiger partial charge on any atom is -0.373 e. The molecule has 112 valence electrons. The maximum atomic E-state index is 6.12. The van der Waals surface area contributed by atoms with Crippen LogP contribution in [0.1, 0.15) is 38.2 Å². The Kier molecular flexibility index (Phi) is 3.10. The van der Waals surface area contributed by atoms with E-state index in [9.17, 15) is 0 Å². The number of hydrogen-bond donors (Lipinski definition) is 2. The molecule has 2 unspecified atom stereocenters. The molecule has 1 saturated heterocycles. The van der Waals surface area contributed by atoms with E-state index in [1.807, 2.05) is 6.20 Å². The van der Waals surface area contributed by atoms with Crippen LogP contribution in [-0.4, -0.2) is 33.7 Å². The molecular weight excluding hydrogens is 264 g/mol. The molecular formula is C16H22N4O. The van der Waals surface area contributed by atoms with E-state index in [2.05, 4.69) is 27.2 Å². The van der Waals surface area contributed by atoms with Crippen LogP contribution in [0.25, 0.3) is 11.0 Å². The Morgan fingerprint density at radius 1 is 1.48 bits per heavy atom. The maximum absolute atomic E-state index is 6.12. The average Bonchev–Trinajstić information content (AvgIpc) is 3.07. The molecule has 0 aromatic carbocycles. The summed E-state index contributed by atoms with van der Waals surface area (Å²) in [4.78, 5) is 12.0. The summed E-state index contributed by atoms with van der Waals surface area (Å²) in [5.74, 6) is 1.70. The van der Waals surface area contributed by atoms with E-state index in [0.717, 1.165) is 42.3 Å². The van der Waals surface area contributed by atoms with Crippen molar-refractivity contribution >= 4 is 16.9 Å². The molecule has 2 bridgehead atoms. The fourth-order valence-electron chi connectivity index (χ4n) is 3.91. The highest BCUT2D eigenvalue weighted by atomic mass is 16.5. The van der Waals surface area contributed by atoms with Crippen molar-refractivity contribution in [2.75, 3.05) is 18.5 Å². The van der Waals surface area contributed by atoms with Crippen LogP contribution in [0.2, 0.25) is 0 Å². The molecule has 2 aromatic heterocycles. The van der Waals surface area contributed by atoms with Crippen molar-refractivity contribution in [3.63, 3.8) is 0 Å². The quantitative estimate of drug-likeness (QED) is 0.907. The lowest BCUT2D eigenvalue weighted by atomic mass is 9.81. The Morgan fingerprint density at radius 3 is 3.33 bits per heavy atom. The van der Waals surface area contributed by atoms with E-state index in [1.165, 1.54) is 31.2 Å². The Morgan fingerprint density at radius 2 is 2.43 bits per heavy atom. The van der Waals surface area contributed by atoms with Crippen molar-refractivity contribution in [1.29, 1.82) is 0 Å². The van der Waals surface area contributed by atoms with Crippen molar-refractivity contribution in [2.45, 2.75) is 44.6 Å². The van der Waals surface area contributed by atoms with Crippen LogP contribution in [0.5, 0.6) is 0 Å². The fraction of sp³-hybridized carbons (Fsp3) is 0.625. The van der Waals surface area contributed by atoms with Crippen molar-refractivity contribution in [2.24, 2.45) is 5.92 Å². The van der Waals surface area contributed by atoms with Crippen LogP contribution in [0.15, 0.2) is 12.5 Å². The second kappa shape index (κ2) is 4.98. The maximum Gasteiger partial charge on any atom is 0.143 e. The number of ether oxygens (including phenoxy) is 1. The first-order chi connectivity index (χ1) is 10.3. The SMILES string of the molecule is CCc1c[nH]c2ncnc(NCC34CCCC(CO3)C4)c12. The summed E-state index contributed by atoms with van der Waals surface area (Å²) < 4.78 is 6.12. The van der Waals surface area contributed by atoms with Crippen molar-refractivity contribution in [3.05, 3.63) is 18.1 Å². The van der Waals surface area contributed by atoms with E-state index in [-0.39, 0.29) is 5.60 Å². The number of nitrogens with one attached hydrogen (secondary N) is 2. The van der Waals surface area contributed by atoms with Gasteiger partial charge in [0, 0.05) is 12.7 Å². The Bertz CT molecular complexity index is 649. The average molecular weight is 286 g/mol. The predicted molar refractivity (Wildman–Crippen MR) is 82.4 cm³/mol. The van der Waals surface area contributed by atoms with E-state index in [1.54, 1.807) is 6.33 Å². The zero-order chi connectivity index (χ0) is 14.3. The molecule has 2 N–H and O–H groups in total. The Labute approximate surface area is 124 Å². The smallest absolute Gasteiger partial charge is 0.143 e. The van der Waals surface area contributed by atoms with Crippen molar-refractivity contribution in [1.82, 2.24) is 15.0 Å². The molecule has 0 spiro atoms. The lowest BCUT2D eigenvalue weighted by molar-refractivity contribution is 0.00967. The van der Waals surface area contributed by atoms with Gasteiger partial charge in [0.25, 0.3) is 0 Å². The van der Waals surface area contributed by atoms with E-state index in [0.29, 0.717) is 0 Å². The van der Waals surface area contributed by atoms with Gasteiger partial charge in [-0.1, -0.05) is 13.3 Å². The van der Waals surface area contributed by atoms with Crippen LogP contribution in [0, 0.1) is 5.92 Å². The Hall–Kier alpha value is -1.62. The number of aryl methyl sites for hydroxylation is 1. The first-order valence-electron chi connectivity index (χ1n) is 7.98. The first kappa shape index (κ1) is 13.1. The molecule has 1 saturated carbocycles. The van der Waals surface area contributed by atoms with Gasteiger partial charge in [-0.3, -0.25) is 0 Å². The number of rotatable bonds is 4.